The molecule has 6 heteroatoms. The van der Waals surface area contributed by atoms with E-state index in [1.165, 1.54) is 10.5 Å². The van der Waals surface area contributed by atoms with Crippen LogP contribution in [-0.4, -0.2) is 56.9 Å². The highest BCUT2D eigenvalue weighted by Crippen LogP contribution is 2.33. The van der Waals surface area contributed by atoms with Gasteiger partial charge in [-0.3, -0.25) is 14.5 Å². The molecule has 0 saturated carbocycles. The summed E-state index contributed by atoms with van der Waals surface area (Å²) in [6.07, 6.45) is 5.53. The average Bonchev–Trinajstić information content (AvgIpc) is 3.12. The van der Waals surface area contributed by atoms with Crippen LogP contribution in [0.5, 0.6) is 0 Å². The SMILES string of the molecule is C=C(C)C=C(C)CCN1CCC1(C)C(=O)N(CC(=O)O)Cc1ccc2cc[nH]c2c1. The topological polar surface area (TPSA) is 76.6 Å². The van der Waals surface area contributed by atoms with Crippen molar-refractivity contribution in [3.8, 4) is 0 Å². The predicted molar refractivity (Wildman–Crippen MR) is 119 cm³/mol. The van der Waals surface area contributed by atoms with Crippen molar-refractivity contribution in [3.05, 3.63) is 59.8 Å². The third-order valence-electron chi connectivity index (χ3n) is 5.90. The number of hydrogen-bond donors (Lipinski definition) is 2. The molecule has 30 heavy (non-hydrogen) atoms. The first kappa shape index (κ1) is 21.8. The number of carbonyl (C=O) groups excluding carboxylic acids is 1. The number of carboxylic acid groups (broad SMARTS) is 1. The molecule has 0 spiro atoms. The van der Waals surface area contributed by atoms with Gasteiger partial charge in [-0.15, -0.1) is 0 Å². The molecule has 6 nitrogen and oxygen atoms in total. The number of fused-ring (bicyclic) bond motifs is 1. The minimum atomic E-state index is -1.00. The fraction of sp³-hybridized carbons (Fsp3) is 0.417. The van der Waals surface area contributed by atoms with Crippen LogP contribution in [0.25, 0.3) is 10.9 Å². The number of likely N-dealkylation sites (tertiary alicyclic amines) is 1. The zero-order valence-corrected chi connectivity index (χ0v) is 18.1. The van der Waals surface area contributed by atoms with Crippen LogP contribution in [0.1, 0.15) is 39.2 Å². The zero-order chi connectivity index (χ0) is 21.9. The lowest BCUT2D eigenvalue weighted by Crippen LogP contribution is -2.66. The molecule has 0 radical (unpaired) electrons. The van der Waals surface area contributed by atoms with Gasteiger partial charge >= 0.3 is 5.97 Å². The summed E-state index contributed by atoms with van der Waals surface area (Å²) < 4.78 is 0. The number of nitrogens with one attached hydrogen (secondary N) is 1. The average molecular weight is 410 g/mol. The summed E-state index contributed by atoms with van der Waals surface area (Å²) in [5.74, 6) is -1.12. The Kier molecular flexibility index (Phi) is 6.46. The number of H-pyrrole nitrogens is 1. The predicted octanol–water partition coefficient (Wildman–Crippen LogP) is 3.96. The summed E-state index contributed by atoms with van der Waals surface area (Å²) in [4.78, 5) is 31.7. The van der Waals surface area contributed by atoms with Crippen molar-refractivity contribution in [2.24, 2.45) is 0 Å². The number of hydrogen-bond acceptors (Lipinski definition) is 3. The molecule has 1 aliphatic heterocycles. The number of aromatic amines is 1. The number of benzene rings is 1. The number of carbonyl (C=O) groups is 2. The summed E-state index contributed by atoms with van der Waals surface area (Å²) >= 11 is 0. The zero-order valence-electron chi connectivity index (χ0n) is 18.1. The van der Waals surface area contributed by atoms with Crippen LogP contribution in [0.2, 0.25) is 0 Å². The van der Waals surface area contributed by atoms with Gasteiger partial charge in [0.05, 0.1) is 5.54 Å². The maximum Gasteiger partial charge on any atom is 0.323 e. The highest BCUT2D eigenvalue weighted by Gasteiger charge is 2.48. The van der Waals surface area contributed by atoms with E-state index in [9.17, 15) is 14.7 Å². The number of aromatic nitrogens is 1. The molecule has 1 aromatic heterocycles. The second kappa shape index (κ2) is 8.88. The molecule has 0 bridgehead atoms. The van der Waals surface area contributed by atoms with Crippen molar-refractivity contribution in [1.29, 1.82) is 0 Å². The van der Waals surface area contributed by atoms with Crippen LogP contribution >= 0.6 is 0 Å². The van der Waals surface area contributed by atoms with Gasteiger partial charge in [0.1, 0.15) is 6.54 Å². The number of aliphatic carboxylic acids is 1. The van der Waals surface area contributed by atoms with E-state index in [4.69, 9.17) is 0 Å². The van der Waals surface area contributed by atoms with Crippen LogP contribution in [0, 0.1) is 0 Å². The van der Waals surface area contributed by atoms with Crippen molar-refractivity contribution in [1.82, 2.24) is 14.8 Å². The van der Waals surface area contributed by atoms with E-state index in [0.29, 0.717) is 0 Å². The minimum absolute atomic E-state index is 0.121. The molecule has 1 aliphatic rings. The molecule has 2 heterocycles. The maximum absolute atomic E-state index is 13.4. The Bertz CT molecular complexity index is 990. The Morgan fingerprint density at radius 3 is 2.73 bits per heavy atom. The third kappa shape index (κ3) is 4.82. The van der Waals surface area contributed by atoms with E-state index in [-0.39, 0.29) is 19.0 Å². The van der Waals surface area contributed by atoms with Crippen LogP contribution in [0.4, 0.5) is 0 Å². The molecular formula is C24H31N3O3. The van der Waals surface area contributed by atoms with E-state index in [0.717, 1.165) is 48.0 Å². The molecule has 2 aromatic rings. The quantitative estimate of drug-likeness (QED) is 0.615. The van der Waals surface area contributed by atoms with Crippen LogP contribution in [-0.2, 0) is 16.1 Å². The highest BCUT2D eigenvalue weighted by molar-refractivity contribution is 5.89. The Hall–Kier alpha value is -2.86. The molecule has 0 aliphatic carbocycles. The highest BCUT2D eigenvalue weighted by atomic mass is 16.4. The Morgan fingerprint density at radius 1 is 1.33 bits per heavy atom. The second-order valence-corrected chi connectivity index (χ2v) is 8.55. The van der Waals surface area contributed by atoms with Gasteiger partial charge in [-0.2, -0.15) is 0 Å². The van der Waals surface area contributed by atoms with E-state index in [2.05, 4.69) is 29.5 Å². The van der Waals surface area contributed by atoms with Crippen LogP contribution < -0.4 is 0 Å². The van der Waals surface area contributed by atoms with Gasteiger partial charge in [-0.05, 0) is 56.7 Å². The molecule has 1 unspecified atom stereocenters. The molecule has 1 saturated heterocycles. The van der Waals surface area contributed by atoms with Crippen molar-refractivity contribution in [2.75, 3.05) is 19.6 Å². The first-order valence-electron chi connectivity index (χ1n) is 10.3. The number of nitrogens with zero attached hydrogens (tertiary/aromatic N) is 2. The molecule has 3 rings (SSSR count). The fourth-order valence-corrected chi connectivity index (χ4v) is 4.13. The molecule has 1 fully saturated rings. The van der Waals surface area contributed by atoms with Crippen molar-refractivity contribution < 1.29 is 14.7 Å². The van der Waals surface area contributed by atoms with Gasteiger partial charge in [-0.25, -0.2) is 0 Å². The van der Waals surface area contributed by atoms with Gasteiger partial charge in [0.2, 0.25) is 5.91 Å². The van der Waals surface area contributed by atoms with Crippen molar-refractivity contribution >= 4 is 22.8 Å². The first-order chi connectivity index (χ1) is 14.2. The molecular weight excluding hydrogens is 378 g/mol. The van der Waals surface area contributed by atoms with Gasteiger partial charge < -0.3 is 15.0 Å². The normalized spacial score (nSPS) is 19.5. The second-order valence-electron chi connectivity index (χ2n) is 8.55. The lowest BCUT2D eigenvalue weighted by atomic mass is 9.84. The minimum Gasteiger partial charge on any atom is -0.480 e. The Labute approximate surface area is 177 Å². The van der Waals surface area contributed by atoms with E-state index < -0.39 is 11.5 Å². The van der Waals surface area contributed by atoms with E-state index in [1.807, 2.05) is 44.3 Å². The van der Waals surface area contributed by atoms with Crippen LogP contribution in [0.3, 0.4) is 0 Å². The van der Waals surface area contributed by atoms with E-state index in [1.54, 1.807) is 0 Å². The largest absolute Gasteiger partial charge is 0.480 e. The molecule has 1 amide bonds. The number of allylic oxidation sites excluding steroid dienone is 2. The fourth-order valence-electron chi connectivity index (χ4n) is 4.13. The van der Waals surface area contributed by atoms with Gasteiger partial charge in [0.15, 0.2) is 0 Å². The summed E-state index contributed by atoms with van der Waals surface area (Å²) in [5.41, 5.74) is 3.48. The monoisotopic (exact) mass is 409 g/mol. The van der Waals surface area contributed by atoms with Gasteiger partial charge in [-0.1, -0.05) is 35.9 Å². The standard InChI is InChI=1S/C24H31N3O3/c1-17(2)13-18(3)8-11-27-12-9-24(27,4)23(30)26(16-22(28)29)15-19-5-6-20-7-10-25-21(20)14-19/h5-7,10,13-14,25H,1,8-9,11-12,15-16H2,2-4H3,(H,28,29). The maximum atomic E-state index is 13.4. The lowest BCUT2D eigenvalue weighted by molar-refractivity contribution is -0.157. The smallest absolute Gasteiger partial charge is 0.323 e. The number of rotatable bonds is 9. The van der Waals surface area contributed by atoms with Gasteiger partial charge in [0, 0.05) is 31.3 Å². The van der Waals surface area contributed by atoms with Crippen molar-refractivity contribution in [3.63, 3.8) is 0 Å². The first-order valence-corrected chi connectivity index (χ1v) is 10.3. The molecule has 1 atom stereocenters. The summed E-state index contributed by atoms with van der Waals surface area (Å²) in [6.45, 7) is 11.5. The number of amides is 1. The molecule has 160 valence electrons. The van der Waals surface area contributed by atoms with E-state index >= 15 is 0 Å². The summed E-state index contributed by atoms with van der Waals surface area (Å²) in [6, 6.07) is 7.89. The Balaban J connectivity index is 1.73. The lowest BCUT2D eigenvalue weighted by Gasteiger charge is -2.51. The van der Waals surface area contributed by atoms with Gasteiger partial charge in [0.25, 0.3) is 0 Å². The third-order valence-corrected chi connectivity index (χ3v) is 5.90. The summed E-state index contributed by atoms with van der Waals surface area (Å²) in [7, 11) is 0. The molecule has 2 N–H and O–H groups in total. The summed E-state index contributed by atoms with van der Waals surface area (Å²) in [5, 5.41) is 10.5. The molecule has 1 aromatic carbocycles. The van der Waals surface area contributed by atoms with Crippen LogP contribution in [0.15, 0.2) is 54.3 Å². The van der Waals surface area contributed by atoms with Crippen molar-refractivity contribution in [2.45, 2.75) is 45.7 Å². The Morgan fingerprint density at radius 2 is 2.10 bits per heavy atom. The number of carboxylic acids is 1.